The Bertz CT molecular complexity index is 458. The molecule has 19 heavy (non-hydrogen) atoms. The number of carbonyl (C=O) groups excluding carboxylic acids is 1. The molecule has 1 aromatic heterocycles. The molecule has 2 rings (SSSR count). The molecule has 6 heteroatoms. The molecule has 0 amide bonds. The number of carbonyl (C=O) groups is 1. The number of thiazole rings is 1. The van der Waals surface area contributed by atoms with E-state index in [1.165, 1.54) is 18.4 Å². The minimum absolute atomic E-state index is 0.100. The van der Waals surface area contributed by atoms with Crippen LogP contribution in [0.5, 0.6) is 0 Å². The molecule has 1 aliphatic carbocycles. The van der Waals surface area contributed by atoms with Crippen LogP contribution in [0.4, 0.5) is 5.13 Å². The number of methoxy groups -OCH3 is 2. The zero-order valence-electron chi connectivity index (χ0n) is 11.7. The number of hydrogen-bond donors (Lipinski definition) is 1. The van der Waals surface area contributed by atoms with E-state index in [2.05, 4.69) is 28.9 Å². The Hall–Kier alpha value is -1.14. The van der Waals surface area contributed by atoms with E-state index in [0.717, 1.165) is 17.2 Å². The summed E-state index contributed by atoms with van der Waals surface area (Å²) in [7, 11) is 3.14. The molecule has 0 radical (unpaired) electrons. The summed E-state index contributed by atoms with van der Waals surface area (Å²) in [5, 5.41) is 6.16. The van der Waals surface area contributed by atoms with Crippen LogP contribution in [0, 0.1) is 5.41 Å². The smallest absolute Gasteiger partial charge is 0.311 e. The SMILES string of the molecule is COC(=O)Cc1csc(NC2CC(OC)C2(C)C)n1. The molecular formula is C13H20N2O3S. The van der Waals surface area contributed by atoms with Gasteiger partial charge in [-0.15, -0.1) is 11.3 Å². The average molecular weight is 284 g/mol. The highest BCUT2D eigenvalue weighted by atomic mass is 32.1. The minimum atomic E-state index is -0.264. The molecule has 0 aromatic carbocycles. The van der Waals surface area contributed by atoms with Gasteiger partial charge in [-0.1, -0.05) is 13.8 Å². The van der Waals surface area contributed by atoms with Crippen LogP contribution in [-0.2, 0) is 20.7 Å². The molecule has 1 aliphatic rings. The van der Waals surface area contributed by atoms with Crippen LogP contribution in [0.1, 0.15) is 26.0 Å². The first-order valence-electron chi connectivity index (χ1n) is 6.28. The van der Waals surface area contributed by atoms with E-state index in [1.54, 1.807) is 7.11 Å². The second kappa shape index (κ2) is 5.46. The van der Waals surface area contributed by atoms with Crippen LogP contribution in [0.2, 0.25) is 0 Å². The predicted octanol–water partition coefficient (Wildman–Crippen LogP) is 2.08. The highest BCUT2D eigenvalue weighted by Crippen LogP contribution is 2.44. The van der Waals surface area contributed by atoms with Gasteiger partial charge in [0, 0.05) is 23.9 Å². The summed E-state index contributed by atoms with van der Waals surface area (Å²) in [4.78, 5) is 15.6. The summed E-state index contributed by atoms with van der Waals surface area (Å²) in [6.07, 6.45) is 1.50. The van der Waals surface area contributed by atoms with Gasteiger partial charge < -0.3 is 14.8 Å². The fourth-order valence-electron chi connectivity index (χ4n) is 2.35. The molecule has 0 saturated heterocycles. The van der Waals surface area contributed by atoms with Gasteiger partial charge >= 0.3 is 5.97 Å². The van der Waals surface area contributed by atoms with Crippen molar-refractivity contribution in [3.63, 3.8) is 0 Å². The van der Waals surface area contributed by atoms with Gasteiger partial charge in [-0.05, 0) is 6.42 Å². The Labute approximate surface area is 117 Å². The number of aromatic nitrogens is 1. The summed E-state index contributed by atoms with van der Waals surface area (Å²) in [6.45, 7) is 4.37. The van der Waals surface area contributed by atoms with Gasteiger partial charge in [-0.3, -0.25) is 4.79 Å². The Morgan fingerprint density at radius 1 is 1.58 bits per heavy atom. The van der Waals surface area contributed by atoms with Crippen molar-refractivity contribution in [1.82, 2.24) is 4.98 Å². The molecular weight excluding hydrogens is 264 g/mol. The third kappa shape index (κ3) is 2.90. The summed E-state index contributed by atoms with van der Waals surface area (Å²) >= 11 is 1.52. The van der Waals surface area contributed by atoms with E-state index in [9.17, 15) is 4.79 Å². The van der Waals surface area contributed by atoms with E-state index in [1.807, 2.05) is 5.38 Å². The molecule has 0 bridgehead atoms. The van der Waals surface area contributed by atoms with Crippen molar-refractivity contribution in [2.75, 3.05) is 19.5 Å². The van der Waals surface area contributed by atoms with Gasteiger partial charge in [0.25, 0.3) is 0 Å². The van der Waals surface area contributed by atoms with Crippen LogP contribution in [-0.4, -0.2) is 37.3 Å². The maximum Gasteiger partial charge on any atom is 0.311 e. The zero-order valence-corrected chi connectivity index (χ0v) is 12.5. The van der Waals surface area contributed by atoms with Crippen molar-refractivity contribution in [3.05, 3.63) is 11.1 Å². The highest BCUT2D eigenvalue weighted by Gasteiger charge is 2.48. The minimum Gasteiger partial charge on any atom is -0.469 e. The third-order valence-corrected chi connectivity index (χ3v) is 4.69. The Morgan fingerprint density at radius 2 is 2.32 bits per heavy atom. The first kappa shape index (κ1) is 14.3. The normalized spacial score (nSPS) is 24.6. The van der Waals surface area contributed by atoms with Gasteiger partial charge in [-0.25, -0.2) is 4.98 Å². The van der Waals surface area contributed by atoms with Gasteiger partial charge in [0.05, 0.1) is 25.3 Å². The second-order valence-electron chi connectivity index (χ2n) is 5.38. The number of nitrogens with one attached hydrogen (secondary N) is 1. The molecule has 106 valence electrons. The number of rotatable bonds is 5. The Morgan fingerprint density at radius 3 is 2.89 bits per heavy atom. The number of esters is 1. The van der Waals surface area contributed by atoms with Crippen molar-refractivity contribution in [2.24, 2.45) is 5.41 Å². The largest absolute Gasteiger partial charge is 0.469 e. The molecule has 1 heterocycles. The molecule has 5 nitrogen and oxygen atoms in total. The van der Waals surface area contributed by atoms with Crippen molar-refractivity contribution in [2.45, 2.75) is 38.8 Å². The molecule has 1 saturated carbocycles. The van der Waals surface area contributed by atoms with Crippen LogP contribution < -0.4 is 5.32 Å². The lowest BCUT2D eigenvalue weighted by molar-refractivity contribution is -0.139. The first-order valence-corrected chi connectivity index (χ1v) is 7.16. The van der Waals surface area contributed by atoms with Crippen molar-refractivity contribution >= 4 is 22.4 Å². The van der Waals surface area contributed by atoms with Crippen LogP contribution in [0.15, 0.2) is 5.38 Å². The Kier molecular flexibility index (Phi) is 4.10. The van der Waals surface area contributed by atoms with Crippen LogP contribution in [0.3, 0.4) is 0 Å². The molecule has 1 N–H and O–H groups in total. The highest BCUT2D eigenvalue weighted by molar-refractivity contribution is 7.13. The summed E-state index contributed by atoms with van der Waals surface area (Å²) in [6, 6.07) is 0.356. The van der Waals surface area contributed by atoms with E-state index in [0.29, 0.717) is 12.1 Å². The van der Waals surface area contributed by atoms with Crippen molar-refractivity contribution in [1.29, 1.82) is 0 Å². The first-order chi connectivity index (χ1) is 8.97. The topological polar surface area (TPSA) is 60.5 Å². The fourth-order valence-corrected chi connectivity index (χ4v) is 3.12. The van der Waals surface area contributed by atoms with E-state index in [-0.39, 0.29) is 17.8 Å². The standard InChI is InChI=1S/C13H20N2O3S/c1-13(2)9(6-10(13)17-3)15-12-14-8(7-19-12)5-11(16)18-4/h7,9-10H,5-6H2,1-4H3,(H,14,15). The summed E-state index contributed by atoms with van der Waals surface area (Å²) < 4.78 is 10.1. The van der Waals surface area contributed by atoms with E-state index in [4.69, 9.17) is 4.74 Å². The lowest BCUT2D eigenvalue weighted by Crippen LogP contribution is -2.57. The molecule has 1 fully saturated rings. The van der Waals surface area contributed by atoms with Crippen LogP contribution in [0.25, 0.3) is 0 Å². The average Bonchev–Trinajstić information content (AvgIpc) is 2.81. The van der Waals surface area contributed by atoms with Gasteiger partial charge in [0.15, 0.2) is 5.13 Å². The number of hydrogen-bond acceptors (Lipinski definition) is 6. The Balaban J connectivity index is 1.93. The second-order valence-corrected chi connectivity index (χ2v) is 6.23. The molecule has 0 aliphatic heterocycles. The third-order valence-electron chi connectivity index (χ3n) is 3.86. The monoisotopic (exact) mass is 284 g/mol. The van der Waals surface area contributed by atoms with Gasteiger partial charge in [0.2, 0.25) is 0 Å². The maximum atomic E-state index is 11.2. The number of anilines is 1. The molecule has 2 atom stereocenters. The summed E-state index contributed by atoms with van der Waals surface area (Å²) in [5.41, 5.74) is 0.850. The van der Waals surface area contributed by atoms with Crippen molar-refractivity contribution < 1.29 is 14.3 Å². The quantitative estimate of drug-likeness (QED) is 0.839. The van der Waals surface area contributed by atoms with Crippen molar-refractivity contribution in [3.8, 4) is 0 Å². The van der Waals surface area contributed by atoms with Gasteiger partial charge in [0.1, 0.15) is 0 Å². The lowest BCUT2D eigenvalue weighted by atomic mass is 9.64. The summed E-state index contributed by atoms with van der Waals surface area (Å²) in [5.74, 6) is -0.264. The molecule has 0 spiro atoms. The maximum absolute atomic E-state index is 11.2. The molecule has 2 unspecified atom stereocenters. The fraction of sp³-hybridized carbons (Fsp3) is 0.692. The number of nitrogens with zero attached hydrogens (tertiary/aromatic N) is 1. The predicted molar refractivity (Wildman–Crippen MR) is 74.4 cm³/mol. The molecule has 1 aromatic rings. The number of ether oxygens (including phenoxy) is 2. The van der Waals surface area contributed by atoms with Crippen LogP contribution >= 0.6 is 11.3 Å². The van der Waals surface area contributed by atoms with E-state index < -0.39 is 0 Å². The van der Waals surface area contributed by atoms with E-state index >= 15 is 0 Å². The lowest BCUT2D eigenvalue weighted by Gasteiger charge is -2.51. The van der Waals surface area contributed by atoms with Gasteiger partial charge in [-0.2, -0.15) is 0 Å². The zero-order chi connectivity index (χ0) is 14.0.